The number of aromatic nitrogens is 1. The molecule has 1 fully saturated rings. The maximum absolute atomic E-state index is 11.5. The first kappa shape index (κ1) is 15.2. The van der Waals surface area contributed by atoms with Crippen molar-refractivity contribution in [2.45, 2.75) is 38.6 Å². The first-order valence-electron chi connectivity index (χ1n) is 7.03. The minimum Gasteiger partial charge on any atom is -0.464 e. The van der Waals surface area contributed by atoms with Crippen LogP contribution in [0.2, 0.25) is 0 Å². The van der Waals surface area contributed by atoms with Gasteiger partial charge in [0.1, 0.15) is 0 Å². The number of pyridine rings is 1. The van der Waals surface area contributed by atoms with Gasteiger partial charge in [0, 0.05) is 12.1 Å². The van der Waals surface area contributed by atoms with Crippen LogP contribution in [0.3, 0.4) is 0 Å². The zero-order chi connectivity index (χ0) is 15.4. The van der Waals surface area contributed by atoms with Crippen LogP contribution in [0.25, 0.3) is 0 Å². The van der Waals surface area contributed by atoms with Gasteiger partial charge in [0.25, 0.3) is 0 Å². The highest BCUT2D eigenvalue weighted by Gasteiger charge is 2.26. The van der Waals surface area contributed by atoms with Crippen molar-refractivity contribution < 1.29 is 14.5 Å². The Morgan fingerprint density at radius 2 is 2.14 bits per heavy atom. The van der Waals surface area contributed by atoms with E-state index < -0.39 is 10.9 Å². The summed E-state index contributed by atoms with van der Waals surface area (Å²) in [5.41, 5.74) is -0.0607. The molecule has 2 unspecified atom stereocenters. The summed E-state index contributed by atoms with van der Waals surface area (Å²) in [5.74, 6) is -0.0479. The van der Waals surface area contributed by atoms with Gasteiger partial charge >= 0.3 is 11.7 Å². The molecule has 0 amide bonds. The van der Waals surface area contributed by atoms with Crippen molar-refractivity contribution >= 4 is 17.5 Å². The van der Waals surface area contributed by atoms with E-state index in [4.69, 9.17) is 0 Å². The minimum atomic E-state index is -0.607. The molecule has 1 aromatic rings. The van der Waals surface area contributed by atoms with Gasteiger partial charge in [-0.05, 0) is 24.8 Å². The van der Waals surface area contributed by atoms with E-state index in [-0.39, 0.29) is 23.2 Å². The van der Waals surface area contributed by atoms with Crippen LogP contribution in [0.5, 0.6) is 0 Å². The number of anilines is 1. The minimum absolute atomic E-state index is 0.0639. The number of hydrogen-bond donors (Lipinski definition) is 1. The molecule has 0 aromatic carbocycles. The van der Waals surface area contributed by atoms with E-state index in [0.29, 0.717) is 5.92 Å². The van der Waals surface area contributed by atoms with Crippen molar-refractivity contribution in [2.24, 2.45) is 5.92 Å². The average molecular weight is 293 g/mol. The van der Waals surface area contributed by atoms with E-state index in [2.05, 4.69) is 22.0 Å². The summed E-state index contributed by atoms with van der Waals surface area (Å²) >= 11 is 0. The standard InChI is InChI=1S/C14H19N3O4/c1-9-5-3-4-6-10(9)15-13-12(17(19)20)8-7-11(16-13)14(18)21-2/h7-10H,3-6H2,1-2H3,(H,15,16). The van der Waals surface area contributed by atoms with Crippen LogP contribution in [0.15, 0.2) is 12.1 Å². The Kier molecular flexibility index (Phi) is 4.72. The van der Waals surface area contributed by atoms with Crippen molar-refractivity contribution in [3.05, 3.63) is 27.9 Å². The Balaban J connectivity index is 2.29. The average Bonchev–Trinajstić information content (AvgIpc) is 2.48. The van der Waals surface area contributed by atoms with Gasteiger partial charge in [-0.25, -0.2) is 9.78 Å². The van der Waals surface area contributed by atoms with Crippen molar-refractivity contribution in [3.8, 4) is 0 Å². The zero-order valence-corrected chi connectivity index (χ0v) is 12.2. The van der Waals surface area contributed by atoms with Crippen LogP contribution >= 0.6 is 0 Å². The van der Waals surface area contributed by atoms with Gasteiger partial charge in [-0.15, -0.1) is 0 Å². The van der Waals surface area contributed by atoms with E-state index in [1.54, 1.807) is 0 Å². The number of ether oxygens (including phenoxy) is 1. The van der Waals surface area contributed by atoms with Gasteiger partial charge in [0.15, 0.2) is 5.69 Å². The maximum Gasteiger partial charge on any atom is 0.356 e. The van der Waals surface area contributed by atoms with Crippen LogP contribution in [0.4, 0.5) is 11.5 Å². The number of rotatable bonds is 4. The third kappa shape index (κ3) is 3.48. The van der Waals surface area contributed by atoms with Gasteiger partial charge in [-0.3, -0.25) is 10.1 Å². The predicted molar refractivity (Wildman–Crippen MR) is 77.3 cm³/mol. The molecule has 1 N–H and O–H groups in total. The third-order valence-electron chi connectivity index (χ3n) is 3.90. The van der Waals surface area contributed by atoms with E-state index in [1.807, 2.05) is 0 Å². The van der Waals surface area contributed by atoms with Gasteiger partial charge in [-0.1, -0.05) is 19.8 Å². The molecular weight excluding hydrogens is 274 g/mol. The quantitative estimate of drug-likeness (QED) is 0.521. The number of nitrogens with one attached hydrogen (secondary N) is 1. The molecule has 0 spiro atoms. The lowest BCUT2D eigenvalue weighted by Gasteiger charge is -2.29. The molecule has 1 saturated carbocycles. The normalized spacial score (nSPS) is 21.6. The zero-order valence-electron chi connectivity index (χ0n) is 12.2. The Morgan fingerprint density at radius 3 is 2.76 bits per heavy atom. The second-order valence-corrected chi connectivity index (χ2v) is 5.33. The summed E-state index contributed by atoms with van der Waals surface area (Å²) in [6.45, 7) is 2.12. The Labute approximate surface area is 122 Å². The number of nitrogens with zero attached hydrogens (tertiary/aromatic N) is 2. The van der Waals surface area contributed by atoms with Crippen LogP contribution in [-0.2, 0) is 4.74 Å². The molecule has 7 heteroatoms. The van der Waals surface area contributed by atoms with E-state index >= 15 is 0 Å². The van der Waals surface area contributed by atoms with Crippen LogP contribution in [0.1, 0.15) is 43.1 Å². The molecule has 2 atom stereocenters. The SMILES string of the molecule is COC(=O)c1ccc([N+](=O)[O-])c(NC2CCCCC2C)n1. The summed E-state index contributed by atoms with van der Waals surface area (Å²) < 4.78 is 4.60. The monoisotopic (exact) mass is 293 g/mol. The van der Waals surface area contributed by atoms with Crippen LogP contribution in [-0.4, -0.2) is 29.0 Å². The fraction of sp³-hybridized carbons (Fsp3) is 0.571. The number of carbonyl (C=O) groups is 1. The summed E-state index contributed by atoms with van der Waals surface area (Å²) in [6.07, 6.45) is 4.30. The summed E-state index contributed by atoms with van der Waals surface area (Å²) in [7, 11) is 1.25. The predicted octanol–water partition coefficient (Wildman–Crippen LogP) is 2.77. The molecule has 7 nitrogen and oxygen atoms in total. The molecule has 0 bridgehead atoms. The molecule has 1 heterocycles. The molecule has 0 saturated heterocycles. The number of carbonyl (C=O) groups excluding carboxylic acids is 1. The number of nitro groups is 1. The second-order valence-electron chi connectivity index (χ2n) is 5.33. The summed E-state index contributed by atoms with van der Waals surface area (Å²) in [4.78, 5) is 26.2. The van der Waals surface area contributed by atoms with Gasteiger partial charge in [0.2, 0.25) is 5.82 Å². The summed E-state index contributed by atoms with van der Waals surface area (Å²) in [5, 5.41) is 14.2. The highest BCUT2D eigenvalue weighted by Crippen LogP contribution is 2.30. The maximum atomic E-state index is 11.5. The highest BCUT2D eigenvalue weighted by molar-refractivity contribution is 5.88. The molecular formula is C14H19N3O4. The van der Waals surface area contributed by atoms with Crippen LogP contribution in [0, 0.1) is 16.0 Å². The van der Waals surface area contributed by atoms with Gasteiger partial charge in [0.05, 0.1) is 12.0 Å². The second kappa shape index (κ2) is 6.51. The van der Waals surface area contributed by atoms with E-state index in [9.17, 15) is 14.9 Å². The lowest BCUT2D eigenvalue weighted by atomic mass is 9.86. The van der Waals surface area contributed by atoms with Crippen LogP contribution < -0.4 is 5.32 Å². The lowest BCUT2D eigenvalue weighted by molar-refractivity contribution is -0.384. The topological polar surface area (TPSA) is 94.4 Å². The molecule has 1 aliphatic carbocycles. The fourth-order valence-corrected chi connectivity index (χ4v) is 2.63. The first-order chi connectivity index (χ1) is 10.0. The van der Waals surface area contributed by atoms with Crippen molar-refractivity contribution in [1.29, 1.82) is 0 Å². The number of methoxy groups -OCH3 is 1. The molecule has 21 heavy (non-hydrogen) atoms. The molecule has 0 aliphatic heterocycles. The van der Waals surface area contributed by atoms with Crippen molar-refractivity contribution in [2.75, 3.05) is 12.4 Å². The van der Waals surface area contributed by atoms with E-state index in [0.717, 1.165) is 19.3 Å². The largest absolute Gasteiger partial charge is 0.464 e. The Hall–Kier alpha value is -2.18. The highest BCUT2D eigenvalue weighted by atomic mass is 16.6. The number of esters is 1. The third-order valence-corrected chi connectivity index (χ3v) is 3.90. The Morgan fingerprint density at radius 1 is 1.43 bits per heavy atom. The number of hydrogen-bond acceptors (Lipinski definition) is 6. The smallest absolute Gasteiger partial charge is 0.356 e. The van der Waals surface area contributed by atoms with Gasteiger partial charge in [-0.2, -0.15) is 0 Å². The molecule has 114 valence electrons. The van der Waals surface area contributed by atoms with Crippen molar-refractivity contribution in [3.63, 3.8) is 0 Å². The molecule has 2 rings (SSSR count). The first-order valence-corrected chi connectivity index (χ1v) is 7.03. The van der Waals surface area contributed by atoms with E-state index in [1.165, 1.54) is 25.7 Å². The molecule has 1 aliphatic rings. The van der Waals surface area contributed by atoms with Gasteiger partial charge < -0.3 is 10.1 Å². The van der Waals surface area contributed by atoms with Crippen molar-refractivity contribution in [1.82, 2.24) is 4.98 Å². The summed E-state index contributed by atoms with van der Waals surface area (Å²) in [6, 6.07) is 2.73. The lowest BCUT2D eigenvalue weighted by Crippen LogP contribution is -2.31. The molecule has 0 radical (unpaired) electrons. The Bertz CT molecular complexity index is 547. The molecule has 1 aromatic heterocycles. The fourth-order valence-electron chi connectivity index (χ4n) is 2.63.